The van der Waals surface area contributed by atoms with Crippen LogP contribution in [0.1, 0.15) is 15.9 Å². The maximum absolute atomic E-state index is 12.5. The van der Waals surface area contributed by atoms with Crippen molar-refractivity contribution in [3.8, 4) is 5.75 Å². The summed E-state index contributed by atoms with van der Waals surface area (Å²) in [6, 6.07) is 10.4. The maximum atomic E-state index is 12.5. The van der Waals surface area contributed by atoms with Crippen LogP contribution < -0.4 is 15.0 Å². The quantitative estimate of drug-likeness (QED) is 0.759. The van der Waals surface area contributed by atoms with Crippen molar-refractivity contribution in [3.05, 3.63) is 53.6 Å². The second-order valence-electron chi connectivity index (χ2n) is 6.43. The van der Waals surface area contributed by atoms with Gasteiger partial charge in [0.1, 0.15) is 5.75 Å². The van der Waals surface area contributed by atoms with E-state index in [-0.39, 0.29) is 30.2 Å². The Morgan fingerprint density at radius 2 is 2.00 bits per heavy atom. The fourth-order valence-corrected chi connectivity index (χ4v) is 5.32. The average molecular weight is 457 g/mol. The van der Waals surface area contributed by atoms with E-state index in [1.54, 1.807) is 29.2 Å². The summed E-state index contributed by atoms with van der Waals surface area (Å²) in [6.45, 7) is 0.120. The van der Waals surface area contributed by atoms with E-state index in [4.69, 9.17) is 0 Å². The number of sulfonamides is 1. The van der Waals surface area contributed by atoms with Crippen LogP contribution >= 0.6 is 11.8 Å². The minimum Gasteiger partial charge on any atom is -0.405 e. The molecule has 158 valence electrons. The zero-order valence-corrected chi connectivity index (χ0v) is 16.8. The first kappa shape index (κ1) is 20.5. The number of ether oxygens (including phenoxy) is 1. The molecule has 30 heavy (non-hydrogen) atoms. The second-order valence-corrected chi connectivity index (χ2v) is 9.20. The van der Waals surface area contributed by atoms with Crippen molar-refractivity contribution in [1.29, 1.82) is 0 Å². The number of rotatable bonds is 4. The summed E-state index contributed by atoms with van der Waals surface area (Å²) in [4.78, 5) is 15.0. The van der Waals surface area contributed by atoms with E-state index in [1.807, 2.05) is 0 Å². The van der Waals surface area contributed by atoms with Crippen LogP contribution in [0.15, 0.2) is 51.8 Å². The monoisotopic (exact) mass is 457 g/mol. The molecule has 0 spiro atoms. The van der Waals surface area contributed by atoms with Crippen molar-refractivity contribution in [3.63, 3.8) is 0 Å². The number of carbonyl (C=O) groups excluding carboxylic acids is 1. The zero-order valence-electron chi connectivity index (χ0n) is 15.1. The number of amidine groups is 1. The van der Waals surface area contributed by atoms with Crippen molar-refractivity contribution in [2.75, 3.05) is 17.2 Å². The van der Waals surface area contributed by atoms with Crippen LogP contribution in [-0.4, -0.2) is 38.2 Å². The molecular weight excluding hydrogens is 443 g/mol. The van der Waals surface area contributed by atoms with E-state index in [1.165, 1.54) is 18.2 Å². The van der Waals surface area contributed by atoms with Gasteiger partial charge in [-0.3, -0.25) is 4.79 Å². The Morgan fingerprint density at radius 3 is 2.77 bits per heavy atom. The Kier molecular flexibility index (Phi) is 5.14. The zero-order chi connectivity index (χ0) is 21.5. The summed E-state index contributed by atoms with van der Waals surface area (Å²) in [5, 5.41) is 2.91. The third-order valence-electron chi connectivity index (χ3n) is 4.37. The molecule has 0 bridgehead atoms. The fraction of sp³-hybridized carbons (Fsp3) is 0.222. The van der Waals surface area contributed by atoms with Crippen LogP contribution in [0.3, 0.4) is 0 Å². The van der Waals surface area contributed by atoms with Crippen molar-refractivity contribution in [2.24, 2.45) is 4.40 Å². The first-order chi connectivity index (χ1) is 14.1. The van der Waals surface area contributed by atoms with Crippen LogP contribution in [0, 0.1) is 0 Å². The molecule has 2 aromatic carbocycles. The van der Waals surface area contributed by atoms with Gasteiger partial charge in [0.15, 0.2) is 5.17 Å². The number of para-hydroxylation sites is 1. The molecule has 1 amide bonds. The number of hydrogen-bond acceptors (Lipinski definition) is 6. The van der Waals surface area contributed by atoms with Gasteiger partial charge in [-0.1, -0.05) is 18.2 Å². The first-order valence-electron chi connectivity index (χ1n) is 8.65. The number of benzene rings is 2. The SMILES string of the molecule is O=C(NCc1ccccc1OC(F)(F)F)c1ccc2c(c1)SC1=NS(=O)(=O)CCN12. The lowest BCUT2D eigenvalue weighted by Gasteiger charge is -2.22. The molecule has 0 unspecified atom stereocenters. The number of alkyl halides is 3. The molecule has 2 aliphatic rings. The number of carbonyl (C=O) groups is 1. The van der Waals surface area contributed by atoms with Gasteiger partial charge in [-0.2, -0.15) is 0 Å². The third-order valence-corrected chi connectivity index (χ3v) is 6.68. The van der Waals surface area contributed by atoms with Crippen LogP contribution in [0.2, 0.25) is 0 Å². The summed E-state index contributed by atoms with van der Waals surface area (Å²) in [6.07, 6.45) is -4.83. The lowest BCUT2D eigenvalue weighted by Crippen LogP contribution is -2.35. The predicted octanol–water partition coefficient (Wildman–Crippen LogP) is 3.13. The van der Waals surface area contributed by atoms with Crippen molar-refractivity contribution in [1.82, 2.24) is 5.32 Å². The highest BCUT2D eigenvalue weighted by Gasteiger charge is 2.34. The Morgan fingerprint density at radius 1 is 1.23 bits per heavy atom. The number of anilines is 1. The molecule has 0 fully saturated rings. The van der Waals surface area contributed by atoms with E-state index in [0.717, 1.165) is 17.4 Å². The Balaban J connectivity index is 1.48. The molecule has 0 aliphatic carbocycles. The summed E-state index contributed by atoms with van der Waals surface area (Å²) in [5.41, 5.74) is 1.23. The van der Waals surface area contributed by atoms with Gasteiger partial charge < -0.3 is 15.0 Å². The lowest BCUT2D eigenvalue weighted by atomic mass is 10.1. The van der Waals surface area contributed by atoms with E-state index in [0.29, 0.717) is 15.6 Å². The van der Waals surface area contributed by atoms with Gasteiger partial charge in [-0.15, -0.1) is 17.6 Å². The number of hydrogen-bond donors (Lipinski definition) is 1. The minimum absolute atomic E-state index is 0.0852. The highest BCUT2D eigenvalue weighted by atomic mass is 32.2. The normalized spacial score (nSPS) is 17.0. The topological polar surface area (TPSA) is 88.1 Å². The van der Waals surface area contributed by atoms with Gasteiger partial charge in [0.05, 0.1) is 11.4 Å². The third kappa shape index (κ3) is 4.38. The Bertz CT molecular complexity index is 1150. The van der Waals surface area contributed by atoms with Gasteiger partial charge in [0.2, 0.25) is 0 Å². The van der Waals surface area contributed by atoms with Crippen LogP contribution in [0.4, 0.5) is 18.9 Å². The average Bonchev–Trinajstić information content (AvgIpc) is 3.01. The largest absolute Gasteiger partial charge is 0.573 e. The number of nitrogens with one attached hydrogen (secondary N) is 1. The second kappa shape index (κ2) is 7.51. The molecule has 7 nitrogen and oxygen atoms in total. The summed E-state index contributed by atoms with van der Waals surface area (Å²) in [5.74, 6) is -0.955. The standard InChI is InChI=1S/C18H14F3N3O4S2/c19-18(20,21)28-14-4-2-1-3-12(14)10-22-16(25)11-5-6-13-15(9-11)29-17-23-30(26,27)8-7-24(13)17/h1-6,9H,7-8,10H2,(H,22,25). The predicted molar refractivity (Wildman–Crippen MR) is 105 cm³/mol. The summed E-state index contributed by atoms with van der Waals surface area (Å²) in [7, 11) is -3.48. The molecule has 2 aliphatic heterocycles. The van der Waals surface area contributed by atoms with E-state index in [2.05, 4.69) is 14.5 Å². The molecule has 1 N–H and O–H groups in total. The molecular formula is C18H14F3N3O4S2. The van der Waals surface area contributed by atoms with Crippen LogP contribution in [0.5, 0.6) is 5.75 Å². The molecule has 2 heterocycles. The van der Waals surface area contributed by atoms with Crippen molar-refractivity contribution < 1.29 is 31.1 Å². The van der Waals surface area contributed by atoms with Gasteiger partial charge in [0.25, 0.3) is 15.9 Å². The molecule has 0 saturated heterocycles. The minimum atomic E-state index is -4.83. The highest BCUT2D eigenvalue weighted by molar-refractivity contribution is 8.15. The smallest absolute Gasteiger partial charge is 0.405 e. The Labute approximate surface area is 174 Å². The van der Waals surface area contributed by atoms with Gasteiger partial charge in [0, 0.05) is 29.1 Å². The molecule has 4 rings (SSSR count). The molecule has 0 saturated carbocycles. The summed E-state index contributed by atoms with van der Waals surface area (Å²) >= 11 is 1.15. The van der Waals surface area contributed by atoms with E-state index < -0.39 is 22.3 Å². The number of amides is 1. The Hall–Kier alpha value is -2.73. The van der Waals surface area contributed by atoms with Gasteiger partial charge in [-0.05, 0) is 36.0 Å². The number of fused-ring (bicyclic) bond motifs is 3. The fourth-order valence-electron chi connectivity index (χ4n) is 3.02. The molecule has 12 heteroatoms. The van der Waals surface area contributed by atoms with Gasteiger partial charge in [-0.25, -0.2) is 8.42 Å². The highest BCUT2D eigenvalue weighted by Crippen LogP contribution is 2.42. The van der Waals surface area contributed by atoms with Crippen LogP contribution in [0.25, 0.3) is 0 Å². The van der Waals surface area contributed by atoms with Gasteiger partial charge >= 0.3 is 6.36 Å². The van der Waals surface area contributed by atoms with Crippen LogP contribution in [-0.2, 0) is 16.6 Å². The first-order valence-corrected chi connectivity index (χ1v) is 11.1. The molecule has 0 aromatic heterocycles. The molecule has 0 radical (unpaired) electrons. The summed E-state index contributed by atoms with van der Waals surface area (Å²) < 4.78 is 68.7. The molecule has 0 atom stereocenters. The number of thioether (sulfide) groups is 1. The maximum Gasteiger partial charge on any atom is 0.573 e. The lowest BCUT2D eigenvalue weighted by molar-refractivity contribution is -0.274. The van der Waals surface area contributed by atoms with Crippen molar-refractivity contribution in [2.45, 2.75) is 17.8 Å². The van der Waals surface area contributed by atoms with E-state index >= 15 is 0 Å². The number of nitrogens with zero attached hydrogens (tertiary/aromatic N) is 2. The number of halogens is 3. The molecule has 2 aromatic rings. The van der Waals surface area contributed by atoms with E-state index in [9.17, 15) is 26.4 Å². The van der Waals surface area contributed by atoms with Crippen molar-refractivity contribution >= 4 is 38.5 Å².